The van der Waals surface area contributed by atoms with Crippen molar-refractivity contribution in [3.63, 3.8) is 0 Å². The number of amides is 1. The van der Waals surface area contributed by atoms with Crippen LogP contribution in [0, 0.1) is 5.41 Å². The molecule has 0 bridgehead atoms. The number of ether oxygens (including phenoxy) is 2. The van der Waals surface area contributed by atoms with Crippen LogP contribution in [0.2, 0.25) is 10.0 Å². The zero-order valence-electron chi connectivity index (χ0n) is 23.7. The number of nitrogens with zero attached hydrogens (tertiary/aromatic N) is 3. The maximum Gasteiger partial charge on any atom is 0.252 e. The Balaban J connectivity index is 1.59. The molecule has 0 radical (unpaired) electrons. The third kappa shape index (κ3) is 7.21. The lowest BCUT2D eigenvalue weighted by Gasteiger charge is -2.28. The number of carbonyl (C=O) groups excluding carboxylic acids is 1. The van der Waals surface area contributed by atoms with Gasteiger partial charge < -0.3 is 20.1 Å². The monoisotopic (exact) mass is 621 g/mol. The minimum atomic E-state index is -3.53. The first-order valence-corrected chi connectivity index (χ1v) is 15.4. The summed E-state index contributed by atoms with van der Waals surface area (Å²) in [7, 11) is -0.531. The van der Waals surface area contributed by atoms with Gasteiger partial charge in [-0.15, -0.1) is 0 Å². The molecule has 1 aliphatic carbocycles. The molecule has 220 valence electrons. The number of anilines is 2. The number of aromatic nitrogens is 2. The van der Waals surface area contributed by atoms with Gasteiger partial charge in [-0.05, 0) is 28.7 Å². The van der Waals surface area contributed by atoms with Crippen molar-refractivity contribution < 1.29 is 22.7 Å². The third-order valence-corrected chi connectivity index (χ3v) is 8.44. The van der Waals surface area contributed by atoms with Gasteiger partial charge in [-0.3, -0.25) is 4.79 Å². The van der Waals surface area contributed by atoms with Crippen molar-refractivity contribution >= 4 is 50.8 Å². The maximum atomic E-state index is 12.7. The Kier molecular flexibility index (Phi) is 9.03. The molecular formula is C28H33Cl2N5O5S. The number of carbonyl (C=O) groups is 1. The Bertz CT molecular complexity index is 1560. The van der Waals surface area contributed by atoms with Crippen molar-refractivity contribution in [1.29, 1.82) is 0 Å². The lowest BCUT2D eigenvalue weighted by molar-refractivity contribution is 0.0939. The lowest BCUT2D eigenvalue weighted by atomic mass is 9.97. The van der Waals surface area contributed by atoms with E-state index in [0.717, 1.165) is 17.4 Å². The number of hydrogen-bond acceptors (Lipinski definition) is 8. The van der Waals surface area contributed by atoms with Gasteiger partial charge in [0.1, 0.15) is 16.9 Å². The van der Waals surface area contributed by atoms with Crippen LogP contribution in [0.1, 0.15) is 48.3 Å². The van der Waals surface area contributed by atoms with Crippen molar-refractivity contribution in [3.05, 3.63) is 69.3 Å². The van der Waals surface area contributed by atoms with E-state index in [2.05, 4.69) is 20.6 Å². The fourth-order valence-electron chi connectivity index (χ4n) is 4.47. The highest BCUT2D eigenvalue weighted by Gasteiger charge is 2.40. The second kappa shape index (κ2) is 12.0. The molecule has 0 unspecified atom stereocenters. The van der Waals surface area contributed by atoms with Crippen LogP contribution in [0.4, 0.5) is 11.6 Å². The first-order valence-electron chi connectivity index (χ1n) is 12.8. The third-order valence-electron chi connectivity index (χ3n) is 6.60. The van der Waals surface area contributed by atoms with Gasteiger partial charge in [-0.1, -0.05) is 68.2 Å². The van der Waals surface area contributed by atoms with Gasteiger partial charge in [0, 0.05) is 20.0 Å². The summed E-state index contributed by atoms with van der Waals surface area (Å²) in [5, 5.41) is 6.29. The highest BCUT2D eigenvalue weighted by atomic mass is 35.5. The van der Waals surface area contributed by atoms with E-state index in [0.29, 0.717) is 24.4 Å². The van der Waals surface area contributed by atoms with E-state index >= 15 is 0 Å². The molecule has 10 nitrogen and oxygen atoms in total. The number of rotatable bonds is 9. The molecule has 2 aromatic carbocycles. The normalized spacial score (nSPS) is 16.8. The molecule has 1 heterocycles. The fourth-order valence-corrected chi connectivity index (χ4v) is 5.52. The van der Waals surface area contributed by atoms with E-state index < -0.39 is 22.2 Å². The smallest absolute Gasteiger partial charge is 0.252 e. The summed E-state index contributed by atoms with van der Waals surface area (Å²) in [4.78, 5) is 21.4. The van der Waals surface area contributed by atoms with Crippen LogP contribution in [0.3, 0.4) is 0 Å². The maximum absolute atomic E-state index is 12.7. The molecule has 2 N–H and O–H groups in total. The number of sulfonamides is 1. The standard InChI is InChI=1S/C28H33Cl2N5O5S/c1-28(2,3)15-32-25(36)18-12-22(39-5)21(13-19(18)29)33-27-31-14-20(30)26(34-27)40-23-11-16-9-7-8-10-17(16)24(23)35(4)41(6,37)38/h7-10,12-14,23-24H,11,15H2,1-6H3,(H,32,36)(H,31,33,34)/t23-,24-/m1/s1. The molecule has 1 aliphatic rings. The van der Waals surface area contributed by atoms with Gasteiger partial charge in [0.25, 0.3) is 5.91 Å². The van der Waals surface area contributed by atoms with Crippen LogP contribution < -0.4 is 20.1 Å². The van der Waals surface area contributed by atoms with E-state index in [9.17, 15) is 13.2 Å². The van der Waals surface area contributed by atoms with Crippen LogP contribution in [0.15, 0.2) is 42.6 Å². The highest BCUT2D eigenvalue weighted by molar-refractivity contribution is 7.88. The molecule has 0 aliphatic heterocycles. The number of benzene rings is 2. The molecule has 13 heteroatoms. The second-order valence-corrected chi connectivity index (χ2v) is 13.9. The van der Waals surface area contributed by atoms with E-state index in [1.54, 1.807) is 6.07 Å². The summed E-state index contributed by atoms with van der Waals surface area (Å²) in [6.45, 7) is 6.52. The zero-order chi connectivity index (χ0) is 30.1. The molecule has 0 saturated heterocycles. The van der Waals surface area contributed by atoms with Crippen molar-refractivity contribution in [2.24, 2.45) is 5.41 Å². The minimum Gasteiger partial charge on any atom is -0.495 e. The Hall–Kier alpha value is -3.12. The number of hydrogen-bond donors (Lipinski definition) is 2. The topological polar surface area (TPSA) is 123 Å². The van der Waals surface area contributed by atoms with Gasteiger partial charge in [0.2, 0.25) is 21.9 Å². The summed E-state index contributed by atoms with van der Waals surface area (Å²) >= 11 is 12.9. The van der Waals surface area contributed by atoms with Gasteiger partial charge in [-0.2, -0.15) is 9.29 Å². The lowest BCUT2D eigenvalue weighted by Crippen LogP contribution is -2.38. The SMILES string of the molecule is COc1cc(C(=O)NCC(C)(C)C)c(Cl)cc1Nc1ncc(Cl)c(O[C@@H]2Cc3ccccc3[C@H]2N(C)S(C)(=O)=O)n1. The second-order valence-electron chi connectivity index (χ2n) is 11.0. The van der Waals surface area contributed by atoms with Gasteiger partial charge in [0.05, 0.1) is 41.9 Å². The van der Waals surface area contributed by atoms with Crippen molar-refractivity contribution in [3.8, 4) is 11.6 Å². The van der Waals surface area contributed by atoms with Crippen LogP contribution >= 0.6 is 23.2 Å². The van der Waals surface area contributed by atoms with Gasteiger partial charge >= 0.3 is 0 Å². The minimum absolute atomic E-state index is 0.0807. The quantitative estimate of drug-likeness (QED) is 0.332. The van der Waals surface area contributed by atoms with Crippen LogP contribution in [0.5, 0.6) is 11.6 Å². The number of likely N-dealkylation sites (N-methyl/N-ethyl adjacent to an activating group) is 1. The van der Waals surface area contributed by atoms with Gasteiger partial charge in [0.15, 0.2) is 0 Å². The van der Waals surface area contributed by atoms with Crippen molar-refractivity contribution in [2.45, 2.75) is 39.3 Å². The Morgan fingerprint density at radius 1 is 1.17 bits per heavy atom. The fraction of sp³-hybridized carbons (Fsp3) is 0.393. The first kappa shape index (κ1) is 30.8. The van der Waals surface area contributed by atoms with Gasteiger partial charge in [-0.25, -0.2) is 13.4 Å². The Labute approximate surface area is 250 Å². The molecule has 2 atom stereocenters. The average Bonchev–Trinajstić information content (AvgIpc) is 3.25. The molecule has 0 spiro atoms. The molecule has 3 aromatic rings. The molecular weight excluding hydrogens is 589 g/mol. The molecule has 1 aromatic heterocycles. The molecule has 4 rings (SSSR count). The van der Waals surface area contributed by atoms with Crippen molar-refractivity contribution in [2.75, 3.05) is 32.3 Å². The average molecular weight is 623 g/mol. The largest absolute Gasteiger partial charge is 0.495 e. The van der Waals surface area contributed by atoms with Crippen LogP contribution in [-0.4, -0.2) is 61.7 Å². The van der Waals surface area contributed by atoms with Crippen LogP contribution in [-0.2, 0) is 16.4 Å². The number of methoxy groups -OCH3 is 1. The summed E-state index contributed by atoms with van der Waals surface area (Å²) in [5.74, 6) is 0.237. The molecule has 1 amide bonds. The molecule has 0 fully saturated rings. The predicted molar refractivity (Wildman–Crippen MR) is 160 cm³/mol. The summed E-state index contributed by atoms with van der Waals surface area (Å²) in [6, 6.07) is 10.1. The molecule has 41 heavy (non-hydrogen) atoms. The van der Waals surface area contributed by atoms with Crippen LogP contribution in [0.25, 0.3) is 0 Å². The van der Waals surface area contributed by atoms with E-state index in [4.69, 9.17) is 32.7 Å². The summed E-state index contributed by atoms with van der Waals surface area (Å²) in [5.41, 5.74) is 2.43. The zero-order valence-corrected chi connectivity index (χ0v) is 26.0. The highest BCUT2D eigenvalue weighted by Crippen LogP contribution is 2.40. The predicted octanol–water partition coefficient (Wildman–Crippen LogP) is 5.25. The number of fused-ring (bicyclic) bond motifs is 1. The Morgan fingerprint density at radius 2 is 1.88 bits per heavy atom. The first-order chi connectivity index (χ1) is 19.2. The Morgan fingerprint density at radius 3 is 2.54 bits per heavy atom. The number of halogens is 2. The molecule has 0 saturated carbocycles. The van der Waals surface area contributed by atoms with Crippen molar-refractivity contribution in [1.82, 2.24) is 19.6 Å². The van der Waals surface area contributed by atoms with E-state index in [-0.39, 0.29) is 38.8 Å². The number of nitrogens with one attached hydrogen (secondary N) is 2. The summed E-state index contributed by atoms with van der Waals surface area (Å²) in [6.07, 6.45) is 2.42. The summed E-state index contributed by atoms with van der Waals surface area (Å²) < 4.78 is 37.9. The van der Waals surface area contributed by atoms with E-state index in [1.807, 2.05) is 45.0 Å². The van der Waals surface area contributed by atoms with E-state index in [1.165, 1.54) is 30.7 Å².